The van der Waals surface area contributed by atoms with Gasteiger partial charge in [-0.05, 0) is 56.4 Å². The van der Waals surface area contributed by atoms with E-state index in [0.717, 1.165) is 17.6 Å². The second kappa shape index (κ2) is 6.41. The number of hydrogen-bond donors (Lipinski definition) is 1. The van der Waals surface area contributed by atoms with E-state index in [2.05, 4.69) is 46.4 Å². The third kappa shape index (κ3) is 4.32. The molecule has 1 aromatic carbocycles. The Balaban J connectivity index is 1.70. The monoisotopic (exact) mass is 297 g/mol. The molecule has 0 spiro atoms. The number of rotatable bonds is 5. The highest BCUT2D eigenvalue weighted by atomic mass is 79.9. The standard InChI is InChI=1S/C14H20BrNO/c1-11-8-12(15)10-13(9-11)16-6-2-4-14-5-3-7-17-14/h8-10,14,16H,2-7H2,1H3. The lowest BCUT2D eigenvalue weighted by atomic mass is 10.1. The van der Waals surface area contributed by atoms with Crippen molar-refractivity contribution < 1.29 is 4.74 Å². The fourth-order valence-corrected chi connectivity index (χ4v) is 2.88. The van der Waals surface area contributed by atoms with Gasteiger partial charge in [0.2, 0.25) is 0 Å². The number of ether oxygens (including phenoxy) is 1. The maximum absolute atomic E-state index is 5.61. The fourth-order valence-electron chi connectivity index (χ4n) is 2.27. The molecule has 1 N–H and O–H groups in total. The molecule has 0 bridgehead atoms. The van der Waals surface area contributed by atoms with Gasteiger partial charge in [-0.15, -0.1) is 0 Å². The fraction of sp³-hybridized carbons (Fsp3) is 0.571. The SMILES string of the molecule is Cc1cc(Br)cc(NCCCC2CCCO2)c1. The van der Waals surface area contributed by atoms with E-state index in [1.54, 1.807) is 0 Å². The van der Waals surface area contributed by atoms with Gasteiger partial charge in [-0.3, -0.25) is 0 Å². The third-order valence-corrected chi connectivity index (χ3v) is 3.56. The van der Waals surface area contributed by atoms with Crippen LogP contribution in [-0.4, -0.2) is 19.3 Å². The average Bonchev–Trinajstić information content (AvgIpc) is 2.76. The zero-order chi connectivity index (χ0) is 12.1. The van der Waals surface area contributed by atoms with E-state index >= 15 is 0 Å². The van der Waals surface area contributed by atoms with Crippen molar-refractivity contribution in [2.75, 3.05) is 18.5 Å². The molecule has 1 aliphatic rings. The van der Waals surface area contributed by atoms with Crippen LogP contribution in [0, 0.1) is 6.92 Å². The van der Waals surface area contributed by atoms with E-state index in [1.165, 1.54) is 36.9 Å². The molecule has 1 atom stereocenters. The van der Waals surface area contributed by atoms with Crippen LogP contribution in [0.5, 0.6) is 0 Å². The normalized spacial score (nSPS) is 19.5. The first-order valence-corrected chi connectivity index (χ1v) is 7.16. The van der Waals surface area contributed by atoms with Gasteiger partial charge >= 0.3 is 0 Å². The summed E-state index contributed by atoms with van der Waals surface area (Å²) in [4.78, 5) is 0. The number of hydrogen-bond acceptors (Lipinski definition) is 2. The summed E-state index contributed by atoms with van der Waals surface area (Å²) in [6.07, 6.45) is 5.36. The topological polar surface area (TPSA) is 21.3 Å². The van der Waals surface area contributed by atoms with E-state index in [0.29, 0.717) is 6.10 Å². The van der Waals surface area contributed by atoms with Gasteiger partial charge in [0.05, 0.1) is 6.10 Å². The summed E-state index contributed by atoms with van der Waals surface area (Å²) in [5.41, 5.74) is 2.48. The molecular formula is C14H20BrNO. The molecule has 0 amide bonds. The van der Waals surface area contributed by atoms with Crippen molar-refractivity contribution in [3.63, 3.8) is 0 Å². The predicted molar refractivity (Wildman–Crippen MR) is 75.6 cm³/mol. The van der Waals surface area contributed by atoms with Crippen molar-refractivity contribution in [3.05, 3.63) is 28.2 Å². The molecule has 0 aliphatic carbocycles. The van der Waals surface area contributed by atoms with Gasteiger partial charge in [0.1, 0.15) is 0 Å². The molecule has 1 aliphatic heterocycles. The number of aryl methyl sites for hydroxylation is 1. The predicted octanol–water partition coefficient (Wildman–Crippen LogP) is 4.13. The maximum Gasteiger partial charge on any atom is 0.0576 e. The van der Waals surface area contributed by atoms with Crippen LogP contribution < -0.4 is 5.32 Å². The maximum atomic E-state index is 5.61. The molecule has 2 rings (SSSR count). The zero-order valence-corrected chi connectivity index (χ0v) is 11.9. The highest BCUT2D eigenvalue weighted by Gasteiger charge is 2.14. The van der Waals surface area contributed by atoms with Crippen LogP contribution in [0.4, 0.5) is 5.69 Å². The smallest absolute Gasteiger partial charge is 0.0576 e. The number of halogens is 1. The summed E-state index contributed by atoms with van der Waals surface area (Å²) in [7, 11) is 0. The summed E-state index contributed by atoms with van der Waals surface area (Å²) in [6, 6.07) is 6.42. The molecule has 3 heteroatoms. The largest absolute Gasteiger partial charge is 0.385 e. The van der Waals surface area contributed by atoms with Crippen molar-refractivity contribution >= 4 is 21.6 Å². The van der Waals surface area contributed by atoms with Gasteiger partial charge in [-0.1, -0.05) is 15.9 Å². The molecule has 0 radical (unpaired) electrons. The lowest BCUT2D eigenvalue weighted by molar-refractivity contribution is 0.103. The second-order valence-electron chi connectivity index (χ2n) is 4.72. The Kier molecular flexibility index (Phi) is 4.86. The summed E-state index contributed by atoms with van der Waals surface area (Å²) in [5, 5.41) is 3.46. The van der Waals surface area contributed by atoms with E-state index in [4.69, 9.17) is 4.74 Å². The Labute approximate surface area is 112 Å². The lowest BCUT2D eigenvalue weighted by Crippen LogP contribution is -2.09. The van der Waals surface area contributed by atoms with E-state index in [1.807, 2.05) is 0 Å². The number of benzene rings is 1. The minimum absolute atomic E-state index is 0.515. The van der Waals surface area contributed by atoms with Gasteiger partial charge < -0.3 is 10.1 Å². The molecule has 1 aromatic rings. The summed E-state index contributed by atoms with van der Waals surface area (Å²) < 4.78 is 6.75. The second-order valence-corrected chi connectivity index (χ2v) is 5.64. The quantitative estimate of drug-likeness (QED) is 0.825. The van der Waals surface area contributed by atoms with Gasteiger partial charge in [-0.25, -0.2) is 0 Å². The molecule has 2 nitrogen and oxygen atoms in total. The summed E-state index contributed by atoms with van der Waals surface area (Å²) >= 11 is 3.52. The van der Waals surface area contributed by atoms with E-state index in [-0.39, 0.29) is 0 Å². The third-order valence-electron chi connectivity index (χ3n) is 3.10. The van der Waals surface area contributed by atoms with Crippen LogP contribution in [0.15, 0.2) is 22.7 Å². The molecule has 0 saturated carbocycles. The van der Waals surface area contributed by atoms with Crippen LogP contribution in [0.25, 0.3) is 0 Å². The van der Waals surface area contributed by atoms with Crippen LogP contribution in [0.1, 0.15) is 31.2 Å². The molecule has 1 unspecified atom stereocenters. The van der Waals surface area contributed by atoms with Crippen molar-refractivity contribution in [1.82, 2.24) is 0 Å². The number of nitrogens with one attached hydrogen (secondary N) is 1. The zero-order valence-electron chi connectivity index (χ0n) is 10.3. The van der Waals surface area contributed by atoms with E-state index < -0.39 is 0 Å². The van der Waals surface area contributed by atoms with Gasteiger partial charge in [0.15, 0.2) is 0 Å². The first-order valence-electron chi connectivity index (χ1n) is 6.37. The van der Waals surface area contributed by atoms with Crippen molar-refractivity contribution in [3.8, 4) is 0 Å². The highest BCUT2D eigenvalue weighted by molar-refractivity contribution is 9.10. The molecular weight excluding hydrogens is 278 g/mol. The van der Waals surface area contributed by atoms with E-state index in [9.17, 15) is 0 Å². The molecule has 17 heavy (non-hydrogen) atoms. The molecule has 94 valence electrons. The van der Waals surface area contributed by atoms with Crippen molar-refractivity contribution in [2.24, 2.45) is 0 Å². The lowest BCUT2D eigenvalue weighted by Gasteiger charge is -2.11. The van der Waals surface area contributed by atoms with Crippen LogP contribution in [-0.2, 0) is 4.74 Å². The highest BCUT2D eigenvalue weighted by Crippen LogP contribution is 2.20. The molecule has 0 aromatic heterocycles. The summed E-state index contributed by atoms with van der Waals surface area (Å²) in [6.45, 7) is 4.10. The van der Waals surface area contributed by atoms with Crippen LogP contribution >= 0.6 is 15.9 Å². The van der Waals surface area contributed by atoms with Gasteiger partial charge in [0, 0.05) is 23.3 Å². The molecule has 1 saturated heterocycles. The average molecular weight is 298 g/mol. The Morgan fingerprint density at radius 3 is 3.00 bits per heavy atom. The molecule has 1 heterocycles. The van der Waals surface area contributed by atoms with Gasteiger partial charge in [0.25, 0.3) is 0 Å². The summed E-state index contributed by atoms with van der Waals surface area (Å²) in [5.74, 6) is 0. The van der Waals surface area contributed by atoms with Crippen LogP contribution in [0.3, 0.4) is 0 Å². The minimum Gasteiger partial charge on any atom is -0.385 e. The molecule has 1 fully saturated rings. The first kappa shape index (κ1) is 12.9. The number of anilines is 1. The van der Waals surface area contributed by atoms with Crippen molar-refractivity contribution in [1.29, 1.82) is 0 Å². The van der Waals surface area contributed by atoms with Crippen LogP contribution in [0.2, 0.25) is 0 Å². The Morgan fingerprint density at radius 2 is 2.29 bits per heavy atom. The first-order chi connectivity index (χ1) is 8.24. The Bertz CT molecular complexity index is 341. The minimum atomic E-state index is 0.515. The van der Waals surface area contributed by atoms with Crippen molar-refractivity contribution in [2.45, 2.75) is 38.7 Å². The Hall–Kier alpha value is -0.540. The van der Waals surface area contributed by atoms with Gasteiger partial charge in [-0.2, -0.15) is 0 Å². The Morgan fingerprint density at radius 1 is 1.41 bits per heavy atom.